The molecule has 0 heterocycles. The Morgan fingerprint density at radius 3 is 2.19 bits per heavy atom. The summed E-state index contributed by atoms with van der Waals surface area (Å²) in [6.45, 7) is 0.569. The van der Waals surface area contributed by atoms with Crippen molar-refractivity contribution >= 4 is 0 Å². The van der Waals surface area contributed by atoms with Gasteiger partial charge in [-0.15, -0.1) is 0 Å². The highest BCUT2D eigenvalue weighted by Gasteiger charge is 2.45. The molecule has 2 atom stereocenters. The van der Waals surface area contributed by atoms with E-state index in [9.17, 15) is 10.2 Å². The Bertz CT molecular complexity index is 211. The molecule has 0 aromatic carbocycles. The lowest BCUT2D eigenvalue weighted by molar-refractivity contribution is -0.0620. The Morgan fingerprint density at radius 2 is 1.56 bits per heavy atom. The maximum absolute atomic E-state index is 9.88. The fourth-order valence-electron chi connectivity index (χ4n) is 4.16. The zero-order valence-electron chi connectivity index (χ0n) is 10.3. The molecule has 2 nitrogen and oxygen atoms in total. The van der Waals surface area contributed by atoms with Gasteiger partial charge in [0.05, 0.1) is 0 Å². The molecule has 94 valence electrons. The zero-order valence-corrected chi connectivity index (χ0v) is 10.3. The molecule has 0 radical (unpaired) electrons. The molecule has 2 fully saturated rings. The molecule has 2 rings (SSSR count). The highest BCUT2D eigenvalue weighted by atomic mass is 16.3. The van der Waals surface area contributed by atoms with E-state index < -0.39 is 0 Å². The molecule has 16 heavy (non-hydrogen) atoms. The van der Waals surface area contributed by atoms with Crippen LogP contribution in [0.4, 0.5) is 0 Å². The molecule has 2 N–H and O–H groups in total. The molecular formula is C14H26O2. The van der Waals surface area contributed by atoms with E-state index in [1.54, 1.807) is 0 Å². The summed E-state index contributed by atoms with van der Waals surface area (Å²) >= 11 is 0. The van der Waals surface area contributed by atoms with E-state index in [2.05, 4.69) is 0 Å². The summed E-state index contributed by atoms with van der Waals surface area (Å²) < 4.78 is 0. The first-order valence-corrected chi connectivity index (χ1v) is 7.05. The highest BCUT2D eigenvalue weighted by molar-refractivity contribution is 4.95. The van der Waals surface area contributed by atoms with Crippen LogP contribution in [0.3, 0.4) is 0 Å². The van der Waals surface area contributed by atoms with Crippen molar-refractivity contribution in [3.8, 4) is 0 Å². The van der Waals surface area contributed by atoms with Gasteiger partial charge in [-0.2, -0.15) is 0 Å². The van der Waals surface area contributed by atoms with Crippen LogP contribution >= 0.6 is 0 Å². The largest absolute Gasteiger partial charge is 0.396 e. The van der Waals surface area contributed by atoms with Crippen LogP contribution < -0.4 is 0 Å². The van der Waals surface area contributed by atoms with Gasteiger partial charge in [-0.3, -0.25) is 0 Å². The average molecular weight is 226 g/mol. The monoisotopic (exact) mass is 226 g/mol. The second kappa shape index (κ2) is 5.50. The van der Waals surface area contributed by atoms with Crippen LogP contribution in [0, 0.1) is 17.3 Å². The van der Waals surface area contributed by atoms with Gasteiger partial charge in [-0.05, 0) is 37.5 Å². The van der Waals surface area contributed by atoms with Crippen molar-refractivity contribution < 1.29 is 10.2 Å². The lowest BCUT2D eigenvalue weighted by atomic mass is 9.57. The van der Waals surface area contributed by atoms with Crippen LogP contribution in [0.2, 0.25) is 0 Å². The molecule has 2 aliphatic carbocycles. The van der Waals surface area contributed by atoms with E-state index in [4.69, 9.17) is 0 Å². The second-order valence-corrected chi connectivity index (χ2v) is 5.85. The van der Waals surface area contributed by atoms with E-state index in [0.29, 0.717) is 18.4 Å². The molecule has 2 heteroatoms. The number of aliphatic hydroxyl groups is 2. The topological polar surface area (TPSA) is 40.5 Å². The molecule has 0 spiro atoms. The predicted molar refractivity (Wildman–Crippen MR) is 65.1 cm³/mol. The first kappa shape index (κ1) is 12.4. The molecule has 2 unspecified atom stereocenters. The van der Waals surface area contributed by atoms with Gasteiger partial charge in [0.2, 0.25) is 0 Å². The van der Waals surface area contributed by atoms with Crippen LogP contribution in [0.15, 0.2) is 0 Å². The van der Waals surface area contributed by atoms with E-state index >= 15 is 0 Å². The molecule has 2 aliphatic rings. The highest BCUT2D eigenvalue weighted by Crippen LogP contribution is 2.51. The SMILES string of the molecule is OCC1CCCCC1(CO)C1CCCCC1. The summed E-state index contributed by atoms with van der Waals surface area (Å²) in [5.41, 5.74) is 0.0629. The number of rotatable bonds is 3. The third-order valence-corrected chi connectivity index (χ3v) is 5.19. The predicted octanol–water partition coefficient (Wildman–Crippen LogP) is 2.73. The van der Waals surface area contributed by atoms with Crippen LogP contribution in [0.1, 0.15) is 57.8 Å². The Hall–Kier alpha value is -0.0800. The second-order valence-electron chi connectivity index (χ2n) is 5.85. The maximum atomic E-state index is 9.88. The standard InChI is InChI=1S/C14H26O2/c15-10-13-8-4-5-9-14(13,11-16)12-6-2-1-3-7-12/h12-13,15-16H,1-11H2. The average Bonchev–Trinajstić information content (AvgIpc) is 2.39. The maximum Gasteiger partial charge on any atom is 0.0493 e. The lowest BCUT2D eigenvalue weighted by Crippen LogP contribution is -2.45. The first-order valence-electron chi connectivity index (χ1n) is 7.05. The number of hydrogen-bond donors (Lipinski definition) is 2. The van der Waals surface area contributed by atoms with Gasteiger partial charge < -0.3 is 10.2 Å². The number of hydrogen-bond acceptors (Lipinski definition) is 2. The van der Waals surface area contributed by atoms with Gasteiger partial charge in [0.15, 0.2) is 0 Å². The van der Waals surface area contributed by atoms with Gasteiger partial charge in [0, 0.05) is 18.6 Å². The van der Waals surface area contributed by atoms with Gasteiger partial charge in [-0.1, -0.05) is 32.1 Å². The van der Waals surface area contributed by atoms with Crippen molar-refractivity contribution in [2.45, 2.75) is 57.8 Å². The van der Waals surface area contributed by atoms with Crippen molar-refractivity contribution in [2.75, 3.05) is 13.2 Å². The lowest BCUT2D eigenvalue weighted by Gasteiger charge is -2.49. The minimum atomic E-state index is 0.0629. The van der Waals surface area contributed by atoms with Crippen molar-refractivity contribution in [3.63, 3.8) is 0 Å². The Kier molecular flexibility index (Phi) is 4.26. The fourth-order valence-corrected chi connectivity index (χ4v) is 4.16. The van der Waals surface area contributed by atoms with E-state index in [0.717, 1.165) is 12.8 Å². The van der Waals surface area contributed by atoms with E-state index in [-0.39, 0.29) is 12.0 Å². The van der Waals surface area contributed by atoms with E-state index in [1.165, 1.54) is 44.9 Å². The molecule has 0 bridgehead atoms. The quantitative estimate of drug-likeness (QED) is 0.777. The summed E-state index contributed by atoms with van der Waals surface area (Å²) in [5.74, 6) is 1.03. The minimum absolute atomic E-state index is 0.0629. The Morgan fingerprint density at radius 1 is 0.875 bits per heavy atom. The molecule has 0 saturated heterocycles. The normalized spacial score (nSPS) is 37.5. The smallest absolute Gasteiger partial charge is 0.0493 e. The summed E-state index contributed by atoms with van der Waals surface area (Å²) in [7, 11) is 0. The fraction of sp³-hybridized carbons (Fsp3) is 1.00. The summed E-state index contributed by atoms with van der Waals surface area (Å²) in [5, 5.41) is 19.5. The molecule has 0 aromatic rings. The van der Waals surface area contributed by atoms with Crippen LogP contribution in [0.25, 0.3) is 0 Å². The van der Waals surface area contributed by atoms with Crippen LogP contribution in [-0.2, 0) is 0 Å². The third kappa shape index (κ3) is 2.14. The van der Waals surface area contributed by atoms with Crippen molar-refractivity contribution in [1.82, 2.24) is 0 Å². The zero-order chi connectivity index (χ0) is 11.4. The van der Waals surface area contributed by atoms with Gasteiger partial charge in [0.1, 0.15) is 0 Å². The number of aliphatic hydroxyl groups excluding tert-OH is 2. The van der Waals surface area contributed by atoms with Gasteiger partial charge in [-0.25, -0.2) is 0 Å². The molecule has 0 aromatic heterocycles. The molecule has 0 amide bonds. The van der Waals surface area contributed by atoms with Crippen LogP contribution in [-0.4, -0.2) is 23.4 Å². The summed E-state index contributed by atoms with van der Waals surface area (Å²) in [6, 6.07) is 0. The summed E-state index contributed by atoms with van der Waals surface area (Å²) in [4.78, 5) is 0. The first-order chi connectivity index (χ1) is 7.83. The van der Waals surface area contributed by atoms with Crippen molar-refractivity contribution in [2.24, 2.45) is 17.3 Å². The summed E-state index contributed by atoms with van der Waals surface area (Å²) in [6.07, 6.45) is 11.3. The Labute approximate surface area is 99.1 Å². The van der Waals surface area contributed by atoms with Gasteiger partial charge in [0.25, 0.3) is 0 Å². The van der Waals surface area contributed by atoms with Crippen molar-refractivity contribution in [3.05, 3.63) is 0 Å². The van der Waals surface area contributed by atoms with Gasteiger partial charge >= 0.3 is 0 Å². The van der Waals surface area contributed by atoms with Crippen LogP contribution in [0.5, 0.6) is 0 Å². The third-order valence-electron chi connectivity index (χ3n) is 5.19. The van der Waals surface area contributed by atoms with Crippen molar-refractivity contribution in [1.29, 1.82) is 0 Å². The molecular weight excluding hydrogens is 200 g/mol. The van der Waals surface area contributed by atoms with E-state index in [1.807, 2.05) is 0 Å². The molecule has 2 saturated carbocycles. The molecule has 0 aliphatic heterocycles. The Balaban J connectivity index is 2.13. The minimum Gasteiger partial charge on any atom is -0.396 e.